The number of rotatable bonds is 8. The van der Waals surface area contributed by atoms with Crippen LogP contribution in [0.4, 0.5) is 15.9 Å². The molecule has 1 saturated carbocycles. The lowest BCUT2D eigenvalue weighted by atomic mass is 9.96. The molecule has 0 bridgehead atoms. The molecule has 2 N–H and O–H groups in total. The molecular weight excluding hydrogens is 475 g/mol. The number of carbonyl (C=O) groups excluding carboxylic acids is 2. The topological polar surface area (TPSA) is 121 Å². The lowest BCUT2D eigenvalue weighted by molar-refractivity contribution is -0.117. The summed E-state index contributed by atoms with van der Waals surface area (Å²) in [6.07, 6.45) is 3.98. The fourth-order valence-electron chi connectivity index (χ4n) is 3.83. The van der Waals surface area contributed by atoms with E-state index in [1.807, 2.05) is 6.92 Å². The number of amides is 2. The largest absolute Gasteiger partial charge is 0.438 e. The molecule has 0 radical (unpaired) electrons. The van der Waals surface area contributed by atoms with Crippen LogP contribution >= 0.6 is 0 Å². The van der Waals surface area contributed by atoms with Gasteiger partial charge in [-0.1, -0.05) is 19.1 Å². The SMILES string of the molecule is CCC(C#N)c1cccc(C(=O)Nc2cc(Oc3ccc4nc(NC(=O)C5CC5)cn4n3)ccc2F)c1. The number of hydrogen-bond acceptors (Lipinski definition) is 6. The van der Waals surface area contributed by atoms with Gasteiger partial charge in [-0.25, -0.2) is 13.9 Å². The Morgan fingerprint density at radius 1 is 1.19 bits per heavy atom. The molecule has 10 heteroatoms. The Kier molecular flexibility index (Phi) is 6.51. The molecule has 2 aromatic heterocycles. The molecule has 9 nitrogen and oxygen atoms in total. The predicted molar refractivity (Wildman–Crippen MR) is 134 cm³/mol. The van der Waals surface area contributed by atoms with E-state index < -0.39 is 11.7 Å². The fourth-order valence-corrected chi connectivity index (χ4v) is 3.83. The van der Waals surface area contributed by atoms with Gasteiger partial charge in [-0.3, -0.25) is 9.59 Å². The minimum Gasteiger partial charge on any atom is -0.438 e. The van der Waals surface area contributed by atoms with Crippen LogP contribution in [0.2, 0.25) is 0 Å². The smallest absolute Gasteiger partial charge is 0.255 e. The van der Waals surface area contributed by atoms with Gasteiger partial charge < -0.3 is 15.4 Å². The second-order valence-electron chi connectivity index (χ2n) is 8.78. The molecule has 2 amide bonds. The Hall–Kier alpha value is -4.78. The Labute approximate surface area is 211 Å². The van der Waals surface area contributed by atoms with Gasteiger partial charge in [0, 0.05) is 23.6 Å². The maximum absolute atomic E-state index is 14.5. The third kappa shape index (κ3) is 5.41. The van der Waals surface area contributed by atoms with Gasteiger partial charge in [0.1, 0.15) is 11.6 Å². The van der Waals surface area contributed by atoms with Gasteiger partial charge in [0.15, 0.2) is 11.5 Å². The first-order valence-corrected chi connectivity index (χ1v) is 11.9. The zero-order valence-corrected chi connectivity index (χ0v) is 19.9. The molecule has 1 aliphatic carbocycles. The molecule has 37 heavy (non-hydrogen) atoms. The number of benzene rings is 2. The number of halogens is 1. The van der Waals surface area contributed by atoms with E-state index in [-0.39, 0.29) is 35.1 Å². The van der Waals surface area contributed by atoms with Crippen LogP contribution in [0.15, 0.2) is 60.8 Å². The molecule has 2 heterocycles. The number of ether oxygens (including phenoxy) is 1. The summed E-state index contributed by atoms with van der Waals surface area (Å²) >= 11 is 0. The molecular formula is C27H23FN6O3. The summed E-state index contributed by atoms with van der Waals surface area (Å²) in [6, 6.07) is 16.2. The summed E-state index contributed by atoms with van der Waals surface area (Å²) in [7, 11) is 0. The van der Waals surface area contributed by atoms with Gasteiger partial charge in [-0.2, -0.15) is 5.26 Å². The second kappa shape index (κ2) is 10.1. The molecule has 2 aromatic carbocycles. The third-order valence-corrected chi connectivity index (χ3v) is 6.02. The number of carbonyl (C=O) groups is 2. The molecule has 1 atom stereocenters. The van der Waals surface area contributed by atoms with Crippen LogP contribution in [0.3, 0.4) is 0 Å². The van der Waals surface area contributed by atoms with Crippen molar-refractivity contribution in [3.63, 3.8) is 0 Å². The Balaban J connectivity index is 1.31. The average Bonchev–Trinajstić information content (AvgIpc) is 3.68. The minimum atomic E-state index is -0.630. The van der Waals surface area contributed by atoms with Crippen LogP contribution in [-0.2, 0) is 4.79 Å². The number of anilines is 2. The Morgan fingerprint density at radius 3 is 2.78 bits per heavy atom. The summed E-state index contributed by atoms with van der Waals surface area (Å²) in [5.41, 5.74) is 1.50. The van der Waals surface area contributed by atoms with E-state index in [4.69, 9.17) is 4.74 Å². The Bertz CT molecular complexity index is 1540. The fraction of sp³-hybridized carbons (Fsp3) is 0.222. The van der Waals surface area contributed by atoms with Crippen molar-refractivity contribution in [2.24, 2.45) is 5.92 Å². The van der Waals surface area contributed by atoms with Gasteiger partial charge in [-0.15, -0.1) is 5.10 Å². The van der Waals surface area contributed by atoms with Crippen LogP contribution < -0.4 is 15.4 Å². The monoisotopic (exact) mass is 498 g/mol. The third-order valence-electron chi connectivity index (χ3n) is 6.02. The summed E-state index contributed by atoms with van der Waals surface area (Å²) in [6.45, 7) is 1.90. The number of nitrogens with zero attached hydrogens (tertiary/aromatic N) is 4. The van der Waals surface area contributed by atoms with E-state index in [1.54, 1.807) is 42.6 Å². The van der Waals surface area contributed by atoms with Crippen molar-refractivity contribution in [1.82, 2.24) is 14.6 Å². The van der Waals surface area contributed by atoms with Gasteiger partial charge in [0.05, 0.1) is 23.9 Å². The van der Waals surface area contributed by atoms with Crippen molar-refractivity contribution in [1.29, 1.82) is 5.26 Å². The highest BCUT2D eigenvalue weighted by Crippen LogP contribution is 2.30. The van der Waals surface area contributed by atoms with Crippen LogP contribution in [0.5, 0.6) is 11.6 Å². The van der Waals surface area contributed by atoms with Gasteiger partial charge in [-0.05, 0) is 55.2 Å². The minimum absolute atomic E-state index is 0.0530. The lowest BCUT2D eigenvalue weighted by Gasteiger charge is -2.11. The van der Waals surface area contributed by atoms with Crippen molar-refractivity contribution < 1.29 is 18.7 Å². The standard InChI is InChI=1S/C27H23FN6O3/c1-2-16(14-29)18-4-3-5-19(12-18)27(36)30-22-13-20(8-9-21(22)28)37-25-11-10-24-31-23(15-34(24)33-25)32-26(35)17-6-7-17/h3-5,8-13,15-17H,2,6-7H2,1H3,(H,30,36)(H,32,35). The van der Waals surface area contributed by atoms with Crippen LogP contribution in [-0.4, -0.2) is 26.4 Å². The molecule has 1 aliphatic rings. The van der Waals surface area contributed by atoms with E-state index in [9.17, 15) is 19.2 Å². The Morgan fingerprint density at radius 2 is 2.03 bits per heavy atom. The van der Waals surface area contributed by atoms with E-state index in [2.05, 4.69) is 26.8 Å². The molecule has 186 valence electrons. The first kappa shape index (κ1) is 23.9. The van der Waals surface area contributed by atoms with Gasteiger partial charge >= 0.3 is 0 Å². The van der Waals surface area contributed by atoms with Crippen LogP contribution in [0.25, 0.3) is 5.65 Å². The highest BCUT2D eigenvalue weighted by atomic mass is 19.1. The van der Waals surface area contributed by atoms with Crippen LogP contribution in [0.1, 0.15) is 48.0 Å². The molecule has 0 saturated heterocycles. The van der Waals surface area contributed by atoms with Gasteiger partial charge in [0.2, 0.25) is 11.8 Å². The van der Waals surface area contributed by atoms with E-state index in [0.717, 1.165) is 18.4 Å². The van der Waals surface area contributed by atoms with Crippen molar-refractivity contribution >= 4 is 29.0 Å². The summed E-state index contributed by atoms with van der Waals surface area (Å²) in [5, 5.41) is 19.0. The first-order valence-electron chi connectivity index (χ1n) is 11.9. The van der Waals surface area contributed by atoms with E-state index in [1.165, 1.54) is 22.7 Å². The maximum atomic E-state index is 14.5. The molecule has 0 aliphatic heterocycles. The van der Waals surface area contributed by atoms with Crippen molar-refractivity contribution in [3.8, 4) is 17.7 Å². The quantitative estimate of drug-likeness (QED) is 0.341. The average molecular weight is 499 g/mol. The van der Waals surface area contributed by atoms with Crippen LogP contribution in [0, 0.1) is 23.1 Å². The molecule has 4 aromatic rings. The number of imidazole rings is 1. The number of nitrogens with one attached hydrogen (secondary N) is 2. The molecule has 1 fully saturated rings. The number of aromatic nitrogens is 3. The van der Waals surface area contributed by atoms with Crippen molar-refractivity contribution in [3.05, 3.63) is 77.7 Å². The van der Waals surface area contributed by atoms with Crippen molar-refractivity contribution in [2.45, 2.75) is 32.1 Å². The predicted octanol–water partition coefficient (Wildman–Crippen LogP) is 5.28. The van der Waals surface area contributed by atoms with E-state index in [0.29, 0.717) is 23.4 Å². The number of fused-ring (bicyclic) bond motifs is 1. The number of nitriles is 1. The molecule has 0 spiro atoms. The highest BCUT2D eigenvalue weighted by molar-refractivity contribution is 6.04. The zero-order chi connectivity index (χ0) is 25.9. The molecule has 1 unspecified atom stereocenters. The maximum Gasteiger partial charge on any atom is 0.255 e. The highest BCUT2D eigenvalue weighted by Gasteiger charge is 2.30. The van der Waals surface area contributed by atoms with Gasteiger partial charge in [0.25, 0.3) is 5.91 Å². The second-order valence-corrected chi connectivity index (χ2v) is 8.78. The zero-order valence-electron chi connectivity index (χ0n) is 19.9. The number of hydrogen-bond donors (Lipinski definition) is 2. The summed E-state index contributed by atoms with van der Waals surface area (Å²) in [4.78, 5) is 29.1. The first-order chi connectivity index (χ1) is 17.9. The van der Waals surface area contributed by atoms with E-state index >= 15 is 0 Å². The summed E-state index contributed by atoms with van der Waals surface area (Å²) in [5.74, 6) is -0.593. The lowest BCUT2D eigenvalue weighted by Crippen LogP contribution is -2.13. The van der Waals surface area contributed by atoms with Crippen molar-refractivity contribution in [2.75, 3.05) is 10.6 Å². The summed E-state index contributed by atoms with van der Waals surface area (Å²) < 4.78 is 21.8. The molecule has 5 rings (SSSR count). The normalized spacial score (nSPS) is 13.5.